The third-order valence-corrected chi connectivity index (χ3v) is 5.89. The van der Waals surface area contributed by atoms with Gasteiger partial charge in [0.15, 0.2) is 0 Å². The molecule has 2 fully saturated rings. The molecular weight excluding hydrogens is 268 g/mol. The van der Waals surface area contributed by atoms with Crippen LogP contribution in [0.3, 0.4) is 0 Å². The second-order valence-electron chi connectivity index (χ2n) is 7.59. The van der Waals surface area contributed by atoms with Gasteiger partial charge in [0.2, 0.25) is 0 Å². The van der Waals surface area contributed by atoms with Gasteiger partial charge in [-0.1, -0.05) is 45.4 Å². The third-order valence-electron chi connectivity index (χ3n) is 5.58. The van der Waals surface area contributed by atoms with E-state index in [1.807, 2.05) is 6.07 Å². The average molecular weight is 293 g/mol. The van der Waals surface area contributed by atoms with E-state index in [0.29, 0.717) is 28.1 Å². The molecule has 20 heavy (non-hydrogen) atoms. The largest absolute Gasteiger partial charge is 0.290 e. The molecule has 3 heteroatoms. The lowest BCUT2D eigenvalue weighted by atomic mass is 9.70. The van der Waals surface area contributed by atoms with Gasteiger partial charge in [-0.15, -0.1) is 0 Å². The van der Waals surface area contributed by atoms with Crippen molar-refractivity contribution in [1.29, 1.82) is 0 Å². The van der Waals surface area contributed by atoms with E-state index in [4.69, 9.17) is 11.6 Å². The van der Waals surface area contributed by atoms with Crippen LogP contribution >= 0.6 is 11.6 Å². The molecule has 0 aromatic carbocycles. The topological polar surface area (TPSA) is 16.1 Å². The molecule has 2 saturated heterocycles. The number of halogens is 1. The maximum Gasteiger partial charge on any atom is 0.133 e. The van der Waals surface area contributed by atoms with Crippen molar-refractivity contribution in [3.63, 3.8) is 0 Å². The maximum atomic E-state index is 6.38. The van der Waals surface area contributed by atoms with Crippen molar-refractivity contribution in [3.8, 4) is 0 Å². The van der Waals surface area contributed by atoms with Gasteiger partial charge in [0.25, 0.3) is 0 Å². The first-order chi connectivity index (χ1) is 9.37. The van der Waals surface area contributed by atoms with Gasteiger partial charge in [0.1, 0.15) is 5.15 Å². The van der Waals surface area contributed by atoms with E-state index in [0.717, 1.165) is 0 Å². The first-order valence-electron chi connectivity index (χ1n) is 7.74. The fourth-order valence-corrected chi connectivity index (χ4v) is 4.91. The fraction of sp³-hybridized carbons (Fsp3) is 0.706. The molecule has 0 N–H and O–H groups in total. The molecule has 0 bridgehead atoms. The summed E-state index contributed by atoms with van der Waals surface area (Å²) < 4.78 is 0. The van der Waals surface area contributed by atoms with Crippen LogP contribution in [-0.2, 0) is 0 Å². The fourth-order valence-electron chi connectivity index (χ4n) is 4.68. The molecule has 110 valence electrons. The van der Waals surface area contributed by atoms with Gasteiger partial charge >= 0.3 is 0 Å². The molecule has 2 aliphatic rings. The summed E-state index contributed by atoms with van der Waals surface area (Å²) in [5, 5.41) is 0.681. The molecule has 0 radical (unpaired) electrons. The highest BCUT2D eigenvalue weighted by Gasteiger charge is 2.58. The normalized spacial score (nSPS) is 34.5. The van der Waals surface area contributed by atoms with E-state index in [9.17, 15) is 0 Å². The lowest BCUT2D eigenvalue weighted by molar-refractivity contribution is 0.0419. The molecule has 0 spiro atoms. The number of fused-ring (bicyclic) bond motifs is 1. The number of rotatable bonds is 1. The Morgan fingerprint density at radius 1 is 1.40 bits per heavy atom. The summed E-state index contributed by atoms with van der Waals surface area (Å²) in [6.07, 6.45) is 5.67. The molecule has 2 aliphatic heterocycles. The Morgan fingerprint density at radius 3 is 2.80 bits per heavy atom. The van der Waals surface area contributed by atoms with Gasteiger partial charge in [-0.05, 0) is 43.2 Å². The molecule has 3 rings (SSSR count). The zero-order valence-electron chi connectivity index (χ0n) is 13.0. The first-order valence-corrected chi connectivity index (χ1v) is 8.12. The highest BCUT2D eigenvalue weighted by atomic mass is 35.5. The SMILES string of the molecule is C[C@H]1C[C@@]2(C(C)(C)C)CCCN2[C@H]1c1cccnc1Cl. The minimum absolute atomic E-state index is 0.307. The second-order valence-corrected chi connectivity index (χ2v) is 7.95. The molecule has 1 aromatic heterocycles. The first kappa shape index (κ1) is 14.3. The lowest BCUT2D eigenvalue weighted by Gasteiger charge is -2.45. The quantitative estimate of drug-likeness (QED) is 0.698. The lowest BCUT2D eigenvalue weighted by Crippen LogP contribution is -2.49. The van der Waals surface area contributed by atoms with Crippen molar-refractivity contribution < 1.29 is 0 Å². The molecule has 3 atom stereocenters. The Bertz CT molecular complexity index is 508. The molecule has 0 aliphatic carbocycles. The Kier molecular flexibility index (Phi) is 3.38. The summed E-state index contributed by atoms with van der Waals surface area (Å²) in [5.74, 6) is 0.635. The van der Waals surface area contributed by atoms with Crippen molar-refractivity contribution >= 4 is 11.6 Å². The Balaban J connectivity index is 2.05. The summed E-state index contributed by atoms with van der Waals surface area (Å²) in [4.78, 5) is 7.03. The minimum atomic E-state index is 0.307. The van der Waals surface area contributed by atoms with Crippen molar-refractivity contribution in [1.82, 2.24) is 9.88 Å². The summed E-state index contributed by atoms with van der Waals surface area (Å²) >= 11 is 6.38. The zero-order valence-corrected chi connectivity index (χ0v) is 13.7. The van der Waals surface area contributed by atoms with Crippen molar-refractivity contribution in [3.05, 3.63) is 29.0 Å². The summed E-state index contributed by atoms with van der Waals surface area (Å²) in [6, 6.07) is 4.60. The van der Waals surface area contributed by atoms with Gasteiger partial charge in [-0.3, -0.25) is 4.90 Å². The second kappa shape index (κ2) is 4.71. The third kappa shape index (κ3) is 1.92. The smallest absolute Gasteiger partial charge is 0.133 e. The predicted octanol–water partition coefficient (Wildman–Crippen LogP) is 4.70. The van der Waals surface area contributed by atoms with Crippen LogP contribution < -0.4 is 0 Å². The molecule has 2 nitrogen and oxygen atoms in total. The van der Waals surface area contributed by atoms with Crippen molar-refractivity contribution in [2.75, 3.05) is 6.54 Å². The molecule has 0 unspecified atom stereocenters. The molecular formula is C17H25ClN2. The van der Waals surface area contributed by atoms with Gasteiger partial charge in [0, 0.05) is 23.3 Å². The van der Waals surface area contributed by atoms with Crippen LogP contribution in [0, 0.1) is 11.3 Å². The van der Waals surface area contributed by atoms with E-state index in [1.165, 1.54) is 31.4 Å². The molecule has 3 heterocycles. The average Bonchev–Trinajstić information content (AvgIpc) is 2.86. The molecule has 0 saturated carbocycles. The number of nitrogens with zero attached hydrogens (tertiary/aromatic N) is 2. The van der Waals surface area contributed by atoms with E-state index in [2.05, 4.69) is 43.6 Å². The standard InChI is InChI=1S/C17H25ClN2/c1-12-11-17(16(2,3)4)8-6-10-20(17)14(12)13-7-5-9-19-15(13)18/h5,7,9,12,14H,6,8,10-11H2,1-4H3/t12-,14+,17+/m0/s1. The van der Waals surface area contributed by atoms with E-state index in [-0.39, 0.29) is 0 Å². The van der Waals surface area contributed by atoms with Crippen molar-refractivity contribution in [2.24, 2.45) is 11.3 Å². The van der Waals surface area contributed by atoms with Crippen LogP contribution in [0.15, 0.2) is 18.3 Å². The Labute approximate surface area is 127 Å². The maximum absolute atomic E-state index is 6.38. The summed E-state index contributed by atoms with van der Waals surface area (Å²) in [5.41, 5.74) is 1.85. The number of hydrogen-bond acceptors (Lipinski definition) is 2. The van der Waals surface area contributed by atoms with Crippen LogP contribution in [0.1, 0.15) is 58.6 Å². The molecule has 1 aromatic rings. The Hall–Kier alpha value is -0.600. The highest BCUT2D eigenvalue weighted by Crippen LogP contribution is 2.58. The Morgan fingerprint density at radius 2 is 2.15 bits per heavy atom. The summed E-state index contributed by atoms with van der Waals surface area (Å²) in [7, 11) is 0. The van der Waals surface area contributed by atoms with Crippen LogP contribution in [0.4, 0.5) is 0 Å². The van der Waals surface area contributed by atoms with E-state index >= 15 is 0 Å². The zero-order chi connectivity index (χ0) is 14.5. The highest BCUT2D eigenvalue weighted by molar-refractivity contribution is 6.30. The number of aromatic nitrogens is 1. The number of hydrogen-bond donors (Lipinski definition) is 0. The van der Waals surface area contributed by atoms with Gasteiger partial charge in [-0.2, -0.15) is 0 Å². The van der Waals surface area contributed by atoms with Gasteiger partial charge in [0.05, 0.1) is 0 Å². The van der Waals surface area contributed by atoms with E-state index < -0.39 is 0 Å². The number of pyridine rings is 1. The molecule has 0 amide bonds. The predicted molar refractivity (Wildman–Crippen MR) is 83.9 cm³/mol. The van der Waals surface area contributed by atoms with Gasteiger partial charge in [-0.25, -0.2) is 4.98 Å². The van der Waals surface area contributed by atoms with Crippen molar-refractivity contribution in [2.45, 2.75) is 58.5 Å². The van der Waals surface area contributed by atoms with Crippen LogP contribution in [0.2, 0.25) is 5.15 Å². The summed E-state index contributed by atoms with van der Waals surface area (Å²) in [6.45, 7) is 10.7. The minimum Gasteiger partial charge on any atom is -0.290 e. The van der Waals surface area contributed by atoms with Crippen LogP contribution in [0.25, 0.3) is 0 Å². The van der Waals surface area contributed by atoms with Crippen LogP contribution in [-0.4, -0.2) is 22.0 Å². The van der Waals surface area contributed by atoms with Crippen LogP contribution in [0.5, 0.6) is 0 Å². The van der Waals surface area contributed by atoms with E-state index in [1.54, 1.807) is 6.20 Å². The monoisotopic (exact) mass is 292 g/mol. The van der Waals surface area contributed by atoms with Gasteiger partial charge < -0.3 is 0 Å².